The first-order valence-corrected chi connectivity index (χ1v) is 14.1. The van der Waals surface area contributed by atoms with Gasteiger partial charge >= 0.3 is 12.5 Å². The Labute approximate surface area is 261 Å². The van der Waals surface area contributed by atoms with E-state index in [0.29, 0.717) is 16.8 Å². The van der Waals surface area contributed by atoms with E-state index in [1.54, 1.807) is 52.0 Å². The lowest BCUT2D eigenvalue weighted by Crippen LogP contribution is -2.66. The maximum absolute atomic E-state index is 12.8. The maximum Gasteiger partial charge on any atom is 0.573 e. The van der Waals surface area contributed by atoms with E-state index in [2.05, 4.69) is 30.2 Å². The smallest absolute Gasteiger partial charge is 0.444 e. The van der Waals surface area contributed by atoms with Crippen LogP contribution in [0.25, 0.3) is 11.5 Å². The van der Waals surface area contributed by atoms with Gasteiger partial charge in [0.05, 0.1) is 18.4 Å². The molecule has 0 unspecified atom stereocenters. The molecule has 1 aliphatic rings. The van der Waals surface area contributed by atoms with Crippen molar-refractivity contribution < 1.29 is 41.9 Å². The predicted molar refractivity (Wildman–Crippen MR) is 155 cm³/mol. The highest BCUT2D eigenvalue weighted by Crippen LogP contribution is 2.51. The Bertz CT molecular complexity index is 1700. The number of rotatable bonds is 8. The van der Waals surface area contributed by atoms with Crippen molar-refractivity contribution in [3.63, 3.8) is 0 Å². The molecule has 12 nitrogen and oxygen atoms in total. The van der Waals surface area contributed by atoms with Crippen LogP contribution in [0.15, 0.2) is 71.6 Å². The topological polar surface area (TPSA) is 153 Å². The number of nitrogens with one attached hydrogen (secondary N) is 1. The number of nitrogens with zero attached hydrogens (tertiary/aromatic N) is 5. The van der Waals surface area contributed by atoms with Crippen LogP contribution in [0.5, 0.6) is 5.75 Å². The molecule has 15 heteroatoms. The van der Waals surface area contributed by atoms with Crippen LogP contribution in [0.2, 0.25) is 0 Å². The summed E-state index contributed by atoms with van der Waals surface area (Å²) in [4.78, 5) is 39.1. The SMILES string of the molecule is CC(C)(C)OC(=O)N1CC(C)([C@](O)(c2ccc(OC(F)(F)F)cc2)c2cccc(-c3nc(C(=O)NCc4cnccn4)no3)c2)C1. The molecule has 0 saturated carbocycles. The first-order valence-electron chi connectivity index (χ1n) is 14.1. The van der Waals surface area contributed by atoms with Gasteiger partial charge in [-0.2, -0.15) is 4.98 Å². The van der Waals surface area contributed by atoms with Gasteiger partial charge in [-0.1, -0.05) is 36.3 Å². The average molecular weight is 641 g/mol. The zero-order chi connectivity index (χ0) is 33.3. The van der Waals surface area contributed by atoms with Crippen molar-refractivity contribution >= 4 is 12.0 Å². The summed E-state index contributed by atoms with van der Waals surface area (Å²) in [6.45, 7) is 7.19. The molecule has 0 aliphatic carbocycles. The number of alkyl halides is 3. The molecule has 1 fully saturated rings. The zero-order valence-corrected chi connectivity index (χ0v) is 25.3. The number of hydrogen-bond acceptors (Lipinski definition) is 10. The average Bonchev–Trinajstić information content (AvgIpc) is 3.48. The Balaban J connectivity index is 1.45. The van der Waals surface area contributed by atoms with Gasteiger partial charge in [0.25, 0.3) is 17.6 Å². The Morgan fingerprint density at radius 3 is 2.41 bits per heavy atom. The summed E-state index contributed by atoms with van der Waals surface area (Å²) in [5, 5.41) is 18.9. The van der Waals surface area contributed by atoms with Crippen LogP contribution in [0, 0.1) is 5.41 Å². The van der Waals surface area contributed by atoms with E-state index in [0.717, 1.165) is 12.1 Å². The summed E-state index contributed by atoms with van der Waals surface area (Å²) in [5.41, 5.74) is -2.13. The first kappa shape index (κ1) is 32.3. The van der Waals surface area contributed by atoms with Crippen LogP contribution in [0.1, 0.15) is 55.1 Å². The molecular weight excluding hydrogens is 609 g/mol. The summed E-state index contributed by atoms with van der Waals surface area (Å²) in [7, 11) is 0. The number of amides is 2. The Hall–Kier alpha value is -5.05. The van der Waals surface area contributed by atoms with Crippen molar-refractivity contribution in [2.24, 2.45) is 5.41 Å². The molecule has 1 aliphatic heterocycles. The quantitative estimate of drug-likeness (QED) is 0.273. The van der Waals surface area contributed by atoms with E-state index >= 15 is 0 Å². The molecule has 0 radical (unpaired) electrons. The number of halogens is 3. The molecule has 2 amide bonds. The summed E-state index contributed by atoms with van der Waals surface area (Å²) >= 11 is 0. The van der Waals surface area contributed by atoms with E-state index in [1.807, 2.05) is 0 Å². The fraction of sp³-hybridized carbons (Fsp3) is 0.355. The standard InChI is InChI=1S/C31H31F3N6O6/c1-28(2,3)45-27(42)40-17-29(4,18-40)30(43,20-8-10-23(11-9-20)44-31(32,33)34)21-7-5-6-19(14-21)26-38-24(39-46-26)25(41)37-16-22-15-35-12-13-36-22/h5-15,43H,16-18H2,1-4H3,(H,37,41)/t30-/m0/s1. The van der Waals surface area contributed by atoms with Crippen LogP contribution in [0.3, 0.4) is 0 Å². The minimum Gasteiger partial charge on any atom is -0.444 e. The van der Waals surface area contributed by atoms with E-state index in [4.69, 9.17) is 9.26 Å². The lowest BCUT2D eigenvalue weighted by molar-refractivity contribution is -0.274. The number of hydrogen-bond donors (Lipinski definition) is 2. The molecule has 2 N–H and O–H groups in total. The molecule has 3 heterocycles. The number of aromatic nitrogens is 4. The fourth-order valence-corrected chi connectivity index (χ4v) is 5.22. The lowest BCUT2D eigenvalue weighted by atomic mass is 9.62. The van der Waals surface area contributed by atoms with Crippen molar-refractivity contribution in [1.82, 2.24) is 30.3 Å². The van der Waals surface area contributed by atoms with Crippen molar-refractivity contribution in [2.45, 2.75) is 51.8 Å². The lowest BCUT2D eigenvalue weighted by Gasteiger charge is -2.56. The van der Waals surface area contributed by atoms with E-state index in [-0.39, 0.29) is 36.9 Å². The van der Waals surface area contributed by atoms with Gasteiger partial charge in [0, 0.05) is 36.5 Å². The third-order valence-corrected chi connectivity index (χ3v) is 7.31. The van der Waals surface area contributed by atoms with Gasteiger partial charge in [0.15, 0.2) is 0 Å². The van der Waals surface area contributed by atoms with Crippen molar-refractivity contribution in [1.29, 1.82) is 0 Å². The second-order valence-corrected chi connectivity index (χ2v) is 12.1. The van der Waals surface area contributed by atoms with Gasteiger partial charge in [-0.15, -0.1) is 13.2 Å². The minimum atomic E-state index is -4.89. The van der Waals surface area contributed by atoms with Gasteiger partial charge in [0.2, 0.25) is 0 Å². The molecule has 5 rings (SSSR count). The van der Waals surface area contributed by atoms with E-state index < -0.39 is 40.7 Å². The van der Waals surface area contributed by atoms with E-state index in [9.17, 15) is 27.9 Å². The van der Waals surface area contributed by atoms with Crippen LogP contribution < -0.4 is 10.1 Å². The van der Waals surface area contributed by atoms with Crippen LogP contribution in [-0.4, -0.2) is 67.2 Å². The van der Waals surface area contributed by atoms with Crippen molar-refractivity contribution in [3.8, 4) is 17.2 Å². The molecule has 2 aromatic heterocycles. The molecule has 1 saturated heterocycles. The van der Waals surface area contributed by atoms with Crippen LogP contribution in [-0.2, 0) is 16.9 Å². The number of aliphatic hydroxyl groups is 1. The highest BCUT2D eigenvalue weighted by molar-refractivity contribution is 5.90. The molecule has 46 heavy (non-hydrogen) atoms. The molecule has 2 aromatic carbocycles. The third-order valence-electron chi connectivity index (χ3n) is 7.31. The van der Waals surface area contributed by atoms with Gasteiger partial charge in [0.1, 0.15) is 17.0 Å². The van der Waals surface area contributed by atoms with E-state index in [1.165, 1.54) is 35.6 Å². The zero-order valence-electron chi connectivity index (χ0n) is 25.3. The summed E-state index contributed by atoms with van der Waals surface area (Å²) in [6.07, 6.45) is -0.959. The number of likely N-dealkylation sites (tertiary alicyclic amines) is 1. The molecular formula is C31H31F3N6O6. The second kappa shape index (κ2) is 12.0. The second-order valence-electron chi connectivity index (χ2n) is 12.1. The minimum absolute atomic E-state index is 0.0167. The molecule has 0 spiro atoms. The molecule has 242 valence electrons. The summed E-state index contributed by atoms with van der Waals surface area (Å²) in [6, 6.07) is 11.4. The van der Waals surface area contributed by atoms with Crippen LogP contribution >= 0.6 is 0 Å². The molecule has 1 atom stereocenters. The number of ether oxygens (including phenoxy) is 2. The Morgan fingerprint density at radius 2 is 1.78 bits per heavy atom. The fourth-order valence-electron chi connectivity index (χ4n) is 5.22. The largest absolute Gasteiger partial charge is 0.573 e. The number of benzene rings is 2. The van der Waals surface area contributed by atoms with Crippen LogP contribution in [0.4, 0.5) is 18.0 Å². The third kappa shape index (κ3) is 6.93. The highest BCUT2D eigenvalue weighted by Gasteiger charge is 2.58. The Morgan fingerprint density at radius 1 is 1.07 bits per heavy atom. The molecule has 0 bridgehead atoms. The summed E-state index contributed by atoms with van der Waals surface area (Å²) in [5.74, 6) is -1.33. The highest BCUT2D eigenvalue weighted by atomic mass is 19.4. The summed E-state index contributed by atoms with van der Waals surface area (Å²) < 4.78 is 53.4. The Kier molecular flexibility index (Phi) is 8.47. The first-order chi connectivity index (χ1) is 21.6. The van der Waals surface area contributed by atoms with Gasteiger partial charge in [-0.05, 0) is 56.2 Å². The van der Waals surface area contributed by atoms with Gasteiger partial charge < -0.3 is 29.3 Å². The molecule has 4 aromatic rings. The number of carbonyl (C=O) groups is 2. The number of carbonyl (C=O) groups excluding carboxylic acids is 2. The monoisotopic (exact) mass is 640 g/mol. The van der Waals surface area contributed by atoms with Crippen molar-refractivity contribution in [3.05, 3.63) is 89.8 Å². The van der Waals surface area contributed by atoms with Crippen molar-refractivity contribution in [2.75, 3.05) is 13.1 Å². The van der Waals surface area contributed by atoms with Gasteiger partial charge in [-0.3, -0.25) is 14.8 Å². The normalized spacial score (nSPS) is 15.8. The predicted octanol–water partition coefficient (Wildman–Crippen LogP) is 4.85. The maximum atomic E-state index is 12.8. The van der Waals surface area contributed by atoms with Gasteiger partial charge in [-0.25, -0.2) is 4.79 Å².